The number of carbonyl (C=O) groups is 2. The molecule has 4 aromatic rings. The summed E-state index contributed by atoms with van der Waals surface area (Å²) in [5.74, 6) is -4.77. The Morgan fingerprint density at radius 3 is 2.36 bits per heavy atom. The molecule has 1 N–H and O–H groups in total. The fourth-order valence-electron chi connectivity index (χ4n) is 3.90. The molecule has 0 unspecified atom stereocenters. The molecule has 4 rings (SSSR count). The molecule has 0 radical (unpaired) electrons. The predicted octanol–water partition coefficient (Wildman–Crippen LogP) is 3.91. The van der Waals surface area contributed by atoms with Crippen LogP contribution in [0.3, 0.4) is 0 Å². The van der Waals surface area contributed by atoms with Gasteiger partial charge in [0.15, 0.2) is 11.6 Å². The van der Waals surface area contributed by atoms with Gasteiger partial charge in [-0.3, -0.25) is 13.9 Å². The standard InChI is InChI=1S/C25H19ClF3N3O4/c1-31-19-11-10-17(28)21(29)22(19)32(25(31)35)14-8-6-13(7-9-14)12-18(24(34)36-2)30-23(33)20-15(26)4-3-5-16(20)27/h3-11,18H,12H2,1-2H3,(H,30,33)/t18-/m0/s1. The monoisotopic (exact) mass is 517 g/mol. The molecule has 0 aliphatic heterocycles. The Morgan fingerprint density at radius 1 is 1.03 bits per heavy atom. The highest BCUT2D eigenvalue weighted by Gasteiger charge is 2.26. The van der Waals surface area contributed by atoms with Crippen LogP contribution in [0.2, 0.25) is 5.02 Å². The van der Waals surface area contributed by atoms with Crippen LogP contribution < -0.4 is 11.0 Å². The Morgan fingerprint density at radius 2 is 1.72 bits per heavy atom. The Balaban J connectivity index is 1.64. The van der Waals surface area contributed by atoms with Gasteiger partial charge in [0, 0.05) is 13.5 Å². The minimum absolute atomic E-state index is 0.0435. The second kappa shape index (κ2) is 9.90. The molecule has 0 saturated carbocycles. The third-order valence-corrected chi connectivity index (χ3v) is 6.04. The van der Waals surface area contributed by atoms with Crippen molar-refractivity contribution in [2.45, 2.75) is 12.5 Å². The van der Waals surface area contributed by atoms with Gasteiger partial charge in [0.2, 0.25) is 0 Å². The number of nitrogens with zero attached hydrogens (tertiary/aromatic N) is 2. The van der Waals surface area contributed by atoms with Gasteiger partial charge in [-0.1, -0.05) is 29.8 Å². The van der Waals surface area contributed by atoms with Crippen LogP contribution in [-0.4, -0.2) is 34.2 Å². The fraction of sp³-hybridized carbons (Fsp3) is 0.160. The number of aryl methyl sites for hydroxylation is 1. The molecule has 0 saturated heterocycles. The lowest BCUT2D eigenvalue weighted by Gasteiger charge is -2.17. The molecule has 36 heavy (non-hydrogen) atoms. The maximum Gasteiger partial charge on any atom is 0.333 e. The number of ether oxygens (including phenoxy) is 1. The molecule has 0 spiro atoms. The first-order valence-electron chi connectivity index (χ1n) is 10.6. The zero-order valence-electron chi connectivity index (χ0n) is 19.0. The van der Waals surface area contributed by atoms with E-state index in [9.17, 15) is 27.6 Å². The highest BCUT2D eigenvalue weighted by atomic mass is 35.5. The van der Waals surface area contributed by atoms with Crippen molar-refractivity contribution in [2.75, 3.05) is 7.11 Å². The van der Waals surface area contributed by atoms with E-state index in [1.165, 1.54) is 41.9 Å². The van der Waals surface area contributed by atoms with E-state index in [0.717, 1.165) is 23.8 Å². The molecule has 0 fully saturated rings. The highest BCUT2D eigenvalue weighted by molar-refractivity contribution is 6.33. The number of benzene rings is 3. The number of rotatable bonds is 6. The van der Waals surface area contributed by atoms with E-state index in [0.29, 0.717) is 5.56 Å². The van der Waals surface area contributed by atoms with Gasteiger partial charge in [0.1, 0.15) is 17.4 Å². The van der Waals surface area contributed by atoms with Crippen molar-refractivity contribution in [3.63, 3.8) is 0 Å². The number of carbonyl (C=O) groups excluding carboxylic acids is 2. The first-order valence-corrected chi connectivity index (χ1v) is 11.0. The van der Waals surface area contributed by atoms with Gasteiger partial charge < -0.3 is 10.1 Å². The summed E-state index contributed by atoms with van der Waals surface area (Å²) >= 11 is 5.94. The molecule has 1 aromatic heterocycles. The third-order valence-electron chi connectivity index (χ3n) is 5.73. The van der Waals surface area contributed by atoms with Crippen molar-refractivity contribution in [3.8, 4) is 5.69 Å². The van der Waals surface area contributed by atoms with Crippen molar-refractivity contribution in [1.82, 2.24) is 14.5 Å². The number of methoxy groups -OCH3 is 1. The first kappa shape index (κ1) is 25.1. The zero-order chi connectivity index (χ0) is 26.1. The van der Waals surface area contributed by atoms with E-state index in [1.54, 1.807) is 12.1 Å². The number of hydrogen-bond acceptors (Lipinski definition) is 4. The molecular weight excluding hydrogens is 499 g/mol. The van der Waals surface area contributed by atoms with Crippen LogP contribution in [-0.2, 0) is 23.0 Å². The minimum Gasteiger partial charge on any atom is -0.467 e. The Bertz CT molecular complexity index is 1530. The number of halogens is 4. The Labute approximate surface area is 207 Å². The number of hydrogen-bond donors (Lipinski definition) is 1. The summed E-state index contributed by atoms with van der Waals surface area (Å²) < 4.78 is 49.5. The maximum atomic E-state index is 14.6. The first-order chi connectivity index (χ1) is 17.1. The quantitative estimate of drug-likeness (QED) is 0.393. The number of fused-ring (bicyclic) bond motifs is 1. The van der Waals surface area contributed by atoms with Crippen molar-refractivity contribution >= 4 is 34.5 Å². The number of nitrogens with one attached hydrogen (secondary N) is 1. The van der Waals surface area contributed by atoms with Gasteiger partial charge in [-0.2, -0.15) is 0 Å². The molecule has 11 heteroatoms. The zero-order valence-corrected chi connectivity index (χ0v) is 19.8. The van der Waals surface area contributed by atoms with Crippen molar-refractivity contribution in [1.29, 1.82) is 0 Å². The normalized spacial score (nSPS) is 11.9. The summed E-state index contributed by atoms with van der Waals surface area (Å²) in [5, 5.41) is 2.30. The van der Waals surface area contributed by atoms with E-state index in [2.05, 4.69) is 5.32 Å². The van der Waals surface area contributed by atoms with Crippen LogP contribution in [0.25, 0.3) is 16.7 Å². The lowest BCUT2D eigenvalue weighted by Crippen LogP contribution is -2.43. The molecule has 1 heterocycles. The number of esters is 1. The summed E-state index contributed by atoms with van der Waals surface area (Å²) in [6.07, 6.45) is -0.0435. The van der Waals surface area contributed by atoms with E-state index < -0.39 is 46.6 Å². The summed E-state index contributed by atoms with van der Waals surface area (Å²) in [6.45, 7) is 0. The molecule has 7 nitrogen and oxygen atoms in total. The molecule has 186 valence electrons. The van der Waals surface area contributed by atoms with Gasteiger partial charge >= 0.3 is 11.7 Å². The molecular formula is C25H19ClF3N3O4. The Kier molecular flexibility index (Phi) is 6.89. The number of amides is 1. The van der Waals surface area contributed by atoms with E-state index in [-0.39, 0.29) is 28.2 Å². The molecule has 1 amide bonds. The highest BCUT2D eigenvalue weighted by Crippen LogP contribution is 2.23. The maximum absolute atomic E-state index is 14.6. The smallest absolute Gasteiger partial charge is 0.333 e. The van der Waals surface area contributed by atoms with Gasteiger partial charge in [-0.05, 0) is 42.0 Å². The van der Waals surface area contributed by atoms with Crippen molar-refractivity contribution in [2.24, 2.45) is 7.05 Å². The second-order valence-electron chi connectivity index (χ2n) is 7.92. The van der Waals surface area contributed by atoms with E-state index >= 15 is 0 Å². The van der Waals surface area contributed by atoms with Gasteiger partial charge in [0.05, 0.1) is 28.9 Å². The lowest BCUT2D eigenvalue weighted by molar-refractivity contribution is -0.142. The van der Waals surface area contributed by atoms with Gasteiger partial charge in [-0.25, -0.2) is 22.8 Å². The fourth-order valence-corrected chi connectivity index (χ4v) is 4.15. The third kappa shape index (κ3) is 4.47. The summed E-state index contributed by atoms with van der Waals surface area (Å²) in [4.78, 5) is 37.7. The van der Waals surface area contributed by atoms with Crippen molar-refractivity contribution in [3.05, 3.63) is 98.7 Å². The van der Waals surface area contributed by atoms with Crippen LogP contribution in [0, 0.1) is 17.5 Å². The van der Waals surface area contributed by atoms with Crippen LogP contribution in [0.4, 0.5) is 13.2 Å². The van der Waals surface area contributed by atoms with Gasteiger partial charge in [-0.15, -0.1) is 0 Å². The second-order valence-corrected chi connectivity index (χ2v) is 8.33. The van der Waals surface area contributed by atoms with Gasteiger partial charge in [0.25, 0.3) is 5.91 Å². The van der Waals surface area contributed by atoms with E-state index in [4.69, 9.17) is 16.3 Å². The van der Waals surface area contributed by atoms with Crippen LogP contribution in [0.15, 0.2) is 59.4 Å². The van der Waals surface area contributed by atoms with Crippen LogP contribution in [0.5, 0.6) is 0 Å². The van der Waals surface area contributed by atoms with Crippen LogP contribution in [0.1, 0.15) is 15.9 Å². The summed E-state index contributed by atoms with van der Waals surface area (Å²) in [7, 11) is 2.58. The number of aromatic nitrogens is 2. The van der Waals surface area contributed by atoms with Crippen LogP contribution >= 0.6 is 11.6 Å². The Hall–Kier alpha value is -4.05. The SMILES string of the molecule is COC(=O)[C@H](Cc1ccc(-n2c(=O)n(C)c3ccc(F)c(F)c32)cc1)NC(=O)c1c(F)cccc1Cl. The average Bonchev–Trinajstić information content (AvgIpc) is 3.11. The average molecular weight is 518 g/mol. The molecule has 0 aliphatic rings. The topological polar surface area (TPSA) is 82.3 Å². The lowest BCUT2D eigenvalue weighted by atomic mass is 10.0. The van der Waals surface area contributed by atoms with Crippen molar-refractivity contribution < 1.29 is 27.5 Å². The molecule has 0 bridgehead atoms. The van der Waals surface area contributed by atoms with E-state index in [1.807, 2.05) is 0 Å². The number of imidazole rings is 1. The largest absolute Gasteiger partial charge is 0.467 e. The summed E-state index contributed by atoms with van der Waals surface area (Å²) in [6, 6.07) is 10.9. The predicted molar refractivity (Wildman–Crippen MR) is 127 cm³/mol. The molecule has 3 aromatic carbocycles. The molecule has 0 aliphatic carbocycles. The molecule has 1 atom stereocenters. The minimum atomic E-state index is -1.18. The summed E-state index contributed by atoms with van der Waals surface area (Å²) in [5.41, 5.74) is -0.193.